The van der Waals surface area contributed by atoms with Crippen LogP contribution in [0, 0.1) is 5.82 Å². The Morgan fingerprint density at radius 1 is 1.15 bits per heavy atom. The molecule has 0 bridgehead atoms. The van der Waals surface area contributed by atoms with E-state index in [2.05, 4.69) is 0 Å². The highest BCUT2D eigenvalue weighted by molar-refractivity contribution is 5.89. The van der Waals surface area contributed by atoms with Crippen LogP contribution in [0.4, 0.5) is 4.39 Å². The second-order valence-corrected chi connectivity index (χ2v) is 5.14. The van der Waals surface area contributed by atoms with Crippen molar-refractivity contribution in [1.82, 2.24) is 0 Å². The monoisotopic (exact) mass is 270 g/mol. The first-order valence-electron chi connectivity index (χ1n) is 6.58. The maximum absolute atomic E-state index is 13.0. The molecule has 1 saturated carbocycles. The number of ether oxygens (including phenoxy) is 1. The van der Waals surface area contributed by atoms with Gasteiger partial charge in [-0.3, -0.25) is 4.79 Å². The van der Waals surface area contributed by atoms with Crippen molar-refractivity contribution in [2.24, 2.45) is 0 Å². The third-order valence-electron chi connectivity index (χ3n) is 4.07. The summed E-state index contributed by atoms with van der Waals surface area (Å²) >= 11 is 0. The molecule has 102 valence electrons. The van der Waals surface area contributed by atoms with Gasteiger partial charge in [-0.1, -0.05) is 42.5 Å². The summed E-state index contributed by atoms with van der Waals surface area (Å²) in [6.07, 6.45) is 0.704. The minimum absolute atomic E-state index is 0.0537. The lowest BCUT2D eigenvalue weighted by Gasteiger charge is -2.15. The van der Waals surface area contributed by atoms with Crippen molar-refractivity contribution in [3.8, 4) is 0 Å². The molecule has 0 spiro atoms. The van der Waals surface area contributed by atoms with Gasteiger partial charge in [0.25, 0.3) is 0 Å². The van der Waals surface area contributed by atoms with E-state index in [0.29, 0.717) is 6.42 Å². The molecule has 2 nitrogen and oxygen atoms in total. The van der Waals surface area contributed by atoms with E-state index >= 15 is 0 Å². The topological polar surface area (TPSA) is 26.3 Å². The van der Waals surface area contributed by atoms with Gasteiger partial charge in [-0.05, 0) is 29.7 Å². The summed E-state index contributed by atoms with van der Waals surface area (Å²) in [4.78, 5) is 12.3. The Bertz CT molecular complexity index is 621. The number of rotatable bonds is 3. The molecule has 2 aromatic carbocycles. The molecule has 1 aliphatic carbocycles. The Hall–Kier alpha value is -2.16. The van der Waals surface area contributed by atoms with Crippen LogP contribution in [0.25, 0.3) is 0 Å². The highest BCUT2D eigenvalue weighted by Crippen LogP contribution is 2.61. The largest absolute Gasteiger partial charge is 0.468 e. The molecule has 0 N–H and O–H groups in total. The second-order valence-electron chi connectivity index (χ2n) is 5.14. The smallest absolute Gasteiger partial charge is 0.316 e. The standard InChI is InChI=1S/C17H15FO2/c1-20-16(19)17(13-5-3-2-4-6-13)11-15(17)12-7-9-14(18)10-8-12/h2-10,15H,11H2,1H3. The normalized spacial score (nSPS) is 24.2. The van der Waals surface area contributed by atoms with E-state index in [-0.39, 0.29) is 17.7 Å². The summed E-state index contributed by atoms with van der Waals surface area (Å²) < 4.78 is 18.0. The highest BCUT2D eigenvalue weighted by Gasteiger charge is 2.62. The van der Waals surface area contributed by atoms with Crippen LogP contribution in [0.2, 0.25) is 0 Å². The van der Waals surface area contributed by atoms with Crippen molar-refractivity contribution in [3.63, 3.8) is 0 Å². The van der Waals surface area contributed by atoms with Crippen LogP contribution in [0.5, 0.6) is 0 Å². The number of methoxy groups -OCH3 is 1. The summed E-state index contributed by atoms with van der Waals surface area (Å²) in [5, 5.41) is 0. The van der Waals surface area contributed by atoms with Crippen LogP contribution in [0.3, 0.4) is 0 Å². The van der Waals surface area contributed by atoms with Crippen molar-refractivity contribution in [3.05, 3.63) is 71.5 Å². The predicted octanol–water partition coefficient (Wildman–Crippen LogP) is 3.42. The van der Waals surface area contributed by atoms with E-state index in [1.165, 1.54) is 19.2 Å². The Morgan fingerprint density at radius 2 is 1.80 bits per heavy atom. The van der Waals surface area contributed by atoms with E-state index in [1.54, 1.807) is 12.1 Å². The molecule has 20 heavy (non-hydrogen) atoms. The van der Waals surface area contributed by atoms with Gasteiger partial charge in [0.1, 0.15) is 11.2 Å². The van der Waals surface area contributed by atoms with Crippen LogP contribution >= 0.6 is 0 Å². The van der Waals surface area contributed by atoms with Gasteiger partial charge in [0, 0.05) is 5.92 Å². The first-order chi connectivity index (χ1) is 9.68. The lowest BCUT2D eigenvalue weighted by molar-refractivity contribution is -0.143. The Morgan fingerprint density at radius 3 is 2.40 bits per heavy atom. The van der Waals surface area contributed by atoms with E-state index in [0.717, 1.165) is 11.1 Å². The fourth-order valence-corrected chi connectivity index (χ4v) is 2.94. The molecule has 1 fully saturated rings. The molecule has 0 heterocycles. The molecule has 0 saturated heterocycles. The van der Waals surface area contributed by atoms with Gasteiger partial charge in [-0.25, -0.2) is 4.39 Å². The van der Waals surface area contributed by atoms with Crippen LogP contribution in [-0.4, -0.2) is 13.1 Å². The molecule has 1 aliphatic rings. The van der Waals surface area contributed by atoms with Gasteiger partial charge in [-0.15, -0.1) is 0 Å². The lowest BCUT2D eigenvalue weighted by atomic mass is 9.91. The molecule has 2 unspecified atom stereocenters. The van der Waals surface area contributed by atoms with E-state index in [4.69, 9.17) is 4.74 Å². The van der Waals surface area contributed by atoms with Crippen molar-refractivity contribution in [2.75, 3.05) is 7.11 Å². The van der Waals surface area contributed by atoms with E-state index in [9.17, 15) is 9.18 Å². The number of carbonyl (C=O) groups is 1. The highest BCUT2D eigenvalue weighted by atomic mass is 19.1. The third-order valence-corrected chi connectivity index (χ3v) is 4.07. The number of esters is 1. The summed E-state index contributed by atoms with van der Waals surface area (Å²) in [7, 11) is 1.41. The average Bonchev–Trinajstić information content (AvgIpc) is 3.25. The number of carbonyl (C=O) groups excluding carboxylic acids is 1. The van der Waals surface area contributed by atoms with Gasteiger partial charge in [-0.2, -0.15) is 0 Å². The van der Waals surface area contributed by atoms with Crippen molar-refractivity contribution in [2.45, 2.75) is 17.8 Å². The summed E-state index contributed by atoms with van der Waals surface area (Å²) in [5.41, 5.74) is 1.32. The van der Waals surface area contributed by atoms with Crippen molar-refractivity contribution in [1.29, 1.82) is 0 Å². The van der Waals surface area contributed by atoms with Gasteiger partial charge in [0.05, 0.1) is 7.11 Å². The summed E-state index contributed by atoms with van der Waals surface area (Å²) in [6, 6.07) is 16.0. The maximum Gasteiger partial charge on any atom is 0.316 e. The zero-order chi connectivity index (χ0) is 14.2. The zero-order valence-corrected chi connectivity index (χ0v) is 11.2. The molecule has 2 aromatic rings. The molecule has 0 aromatic heterocycles. The van der Waals surface area contributed by atoms with Crippen LogP contribution < -0.4 is 0 Å². The van der Waals surface area contributed by atoms with Crippen molar-refractivity contribution < 1.29 is 13.9 Å². The fourth-order valence-electron chi connectivity index (χ4n) is 2.94. The van der Waals surface area contributed by atoms with Crippen LogP contribution in [-0.2, 0) is 14.9 Å². The molecule has 3 heteroatoms. The molecule has 0 amide bonds. The third kappa shape index (κ3) is 1.90. The molecule has 2 atom stereocenters. The number of halogens is 1. The number of hydrogen-bond donors (Lipinski definition) is 0. The predicted molar refractivity (Wildman–Crippen MR) is 73.9 cm³/mol. The van der Waals surface area contributed by atoms with Gasteiger partial charge in [0.2, 0.25) is 0 Å². The van der Waals surface area contributed by atoms with E-state index in [1.807, 2.05) is 30.3 Å². The zero-order valence-electron chi connectivity index (χ0n) is 11.2. The molecule has 0 radical (unpaired) electrons. The van der Waals surface area contributed by atoms with Crippen molar-refractivity contribution >= 4 is 5.97 Å². The number of hydrogen-bond acceptors (Lipinski definition) is 2. The minimum Gasteiger partial charge on any atom is -0.468 e. The van der Waals surface area contributed by atoms with Crippen LogP contribution in [0.15, 0.2) is 54.6 Å². The average molecular weight is 270 g/mol. The molecular weight excluding hydrogens is 255 g/mol. The second kappa shape index (κ2) is 4.75. The first-order valence-corrected chi connectivity index (χ1v) is 6.58. The Kier molecular flexibility index (Phi) is 3.05. The van der Waals surface area contributed by atoms with Crippen LogP contribution in [0.1, 0.15) is 23.5 Å². The molecule has 3 rings (SSSR count). The maximum atomic E-state index is 13.0. The van der Waals surface area contributed by atoms with Gasteiger partial charge in [0.15, 0.2) is 0 Å². The lowest BCUT2D eigenvalue weighted by Crippen LogP contribution is -2.24. The first kappa shape index (κ1) is 12.9. The molecule has 0 aliphatic heterocycles. The summed E-state index contributed by atoms with van der Waals surface area (Å²) in [5.74, 6) is -0.436. The molecular formula is C17H15FO2. The van der Waals surface area contributed by atoms with Gasteiger partial charge >= 0.3 is 5.97 Å². The van der Waals surface area contributed by atoms with Gasteiger partial charge < -0.3 is 4.74 Å². The van der Waals surface area contributed by atoms with E-state index < -0.39 is 5.41 Å². The minimum atomic E-state index is -0.617. The Balaban J connectivity index is 1.99. The number of benzene rings is 2. The Labute approximate surface area is 117 Å². The fraction of sp³-hybridized carbons (Fsp3) is 0.235. The summed E-state index contributed by atoms with van der Waals surface area (Å²) in [6.45, 7) is 0. The quantitative estimate of drug-likeness (QED) is 0.799. The SMILES string of the molecule is COC(=O)C1(c2ccccc2)CC1c1ccc(F)cc1.